The van der Waals surface area contributed by atoms with Crippen LogP contribution in [0.1, 0.15) is 10.4 Å². The molecule has 0 saturated carbocycles. The average Bonchev–Trinajstić information content (AvgIpc) is 3.43. The van der Waals surface area contributed by atoms with E-state index in [-0.39, 0.29) is 11.3 Å². The standard InChI is InChI=1S/C23H13F2N3O2S/c24-15-7-8-18(17(25)11-15)26-22(29)14-6-9-20-16(10-14)21(28-30-20)19-12-31-23(27-19)13-4-2-1-3-5-13/h1-12H,(H,26,29). The van der Waals surface area contributed by atoms with Crippen molar-refractivity contribution in [2.24, 2.45) is 0 Å². The van der Waals surface area contributed by atoms with Gasteiger partial charge < -0.3 is 9.84 Å². The van der Waals surface area contributed by atoms with Gasteiger partial charge in [0.1, 0.15) is 28.0 Å². The Hall–Kier alpha value is -3.91. The van der Waals surface area contributed by atoms with E-state index in [0.29, 0.717) is 28.4 Å². The Morgan fingerprint density at radius 2 is 1.84 bits per heavy atom. The first-order chi connectivity index (χ1) is 15.1. The van der Waals surface area contributed by atoms with Gasteiger partial charge in [-0.2, -0.15) is 0 Å². The highest BCUT2D eigenvalue weighted by Gasteiger charge is 2.17. The van der Waals surface area contributed by atoms with Crippen molar-refractivity contribution in [3.05, 3.63) is 89.3 Å². The molecule has 0 bridgehead atoms. The normalized spacial score (nSPS) is 11.0. The molecule has 0 atom stereocenters. The SMILES string of the molecule is O=C(Nc1ccc(F)cc1F)c1ccc2onc(-c3csc(-c4ccccc4)n3)c2c1. The minimum absolute atomic E-state index is 0.107. The minimum Gasteiger partial charge on any atom is -0.356 e. The molecule has 0 saturated heterocycles. The number of rotatable bonds is 4. The molecule has 5 rings (SSSR count). The molecule has 31 heavy (non-hydrogen) atoms. The molecule has 0 aliphatic carbocycles. The summed E-state index contributed by atoms with van der Waals surface area (Å²) in [5, 5.41) is 9.89. The number of halogens is 2. The van der Waals surface area contributed by atoms with E-state index in [1.165, 1.54) is 17.4 Å². The Labute approximate surface area is 179 Å². The zero-order chi connectivity index (χ0) is 21.4. The monoisotopic (exact) mass is 433 g/mol. The molecule has 3 aromatic carbocycles. The van der Waals surface area contributed by atoms with E-state index >= 15 is 0 Å². The maximum absolute atomic E-state index is 13.9. The van der Waals surface area contributed by atoms with Gasteiger partial charge in [-0.05, 0) is 30.3 Å². The highest BCUT2D eigenvalue weighted by atomic mass is 32.1. The van der Waals surface area contributed by atoms with Crippen molar-refractivity contribution in [2.75, 3.05) is 5.32 Å². The molecule has 0 spiro atoms. The Morgan fingerprint density at radius 1 is 1.00 bits per heavy atom. The molecule has 1 amide bonds. The van der Waals surface area contributed by atoms with Gasteiger partial charge in [0, 0.05) is 22.6 Å². The fraction of sp³-hybridized carbons (Fsp3) is 0. The predicted octanol–water partition coefficient (Wildman–Crippen LogP) is 6.15. The molecule has 0 radical (unpaired) electrons. The fourth-order valence-corrected chi connectivity index (χ4v) is 3.96. The van der Waals surface area contributed by atoms with Crippen LogP contribution in [0.2, 0.25) is 0 Å². The topological polar surface area (TPSA) is 68.0 Å². The van der Waals surface area contributed by atoms with Crippen LogP contribution in [-0.2, 0) is 0 Å². The number of nitrogens with zero attached hydrogens (tertiary/aromatic N) is 2. The fourth-order valence-electron chi connectivity index (χ4n) is 3.15. The Bertz CT molecular complexity index is 1410. The number of hydrogen-bond acceptors (Lipinski definition) is 5. The summed E-state index contributed by atoms with van der Waals surface area (Å²) in [6.45, 7) is 0. The molecule has 8 heteroatoms. The van der Waals surface area contributed by atoms with Gasteiger partial charge in [-0.25, -0.2) is 13.8 Å². The second-order valence-electron chi connectivity index (χ2n) is 6.72. The third-order valence-corrected chi connectivity index (χ3v) is 5.57. The van der Waals surface area contributed by atoms with Gasteiger partial charge in [0.2, 0.25) is 0 Å². The number of carbonyl (C=O) groups is 1. The van der Waals surface area contributed by atoms with Gasteiger partial charge in [-0.1, -0.05) is 35.5 Å². The number of amides is 1. The van der Waals surface area contributed by atoms with E-state index in [9.17, 15) is 13.6 Å². The Morgan fingerprint density at radius 3 is 2.65 bits per heavy atom. The predicted molar refractivity (Wildman–Crippen MR) is 115 cm³/mol. The van der Waals surface area contributed by atoms with Gasteiger partial charge in [0.05, 0.1) is 11.1 Å². The van der Waals surface area contributed by atoms with Crippen LogP contribution < -0.4 is 5.32 Å². The summed E-state index contributed by atoms with van der Waals surface area (Å²) in [4.78, 5) is 17.3. The number of benzene rings is 3. The summed E-state index contributed by atoms with van der Waals surface area (Å²) in [6.07, 6.45) is 0. The first kappa shape index (κ1) is 19.1. The molecule has 0 aliphatic heterocycles. The molecule has 1 N–H and O–H groups in total. The lowest BCUT2D eigenvalue weighted by Gasteiger charge is -2.06. The molecule has 5 aromatic rings. The number of thiazole rings is 1. The summed E-state index contributed by atoms with van der Waals surface area (Å²) < 4.78 is 32.3. The number of fused-ring (bicyclic) bond motifs is 1. The lowest BCUT2D eigenvalue weighted by Crippen LogP contribution is -2.13. The Kier molecular flexibility index (Phi) is 4.76. The van der Waals surface area contributed by atoms with Crippen molar-refractivity contribution >= 4 is 33.9 Å². The largest absolute Gasteiger partial charge is 0.356 e. The van der Waals surface area contributed by atoms with Crippen molar-refractivity contribution in [2.45, 2.75) is 0 Å². The van der Waals surface area contributed by atoms with E-state index in [1.807, 2.05) is 35.7 Å². The third-order valence-electron chi connectivity index (χ3n) is 4.68. The van der Waals surface area contributed by atoms with E-state index < -0.39 is 17.5 Å². The minimum atomic E-state index is -0.851. The highest BCUT2D eigenvalue weighted by molar-refractivity contribution is 7.13. The summed E-state index contributed by atoms with van der Waals surface area (Å²) in [5.74, 6) is -2.11. The average molecular weight is 433 g/mol. The van der Waals surface area contributed by atoms with E-state index in [1.54, 1.807) is 18.2 Å². The number of anilines is 1. The number of carbonyl (C=O) groups excluding carboxylic acids is 1. The molecule has 0 fully saturated rings. The maximum atomic E-state index is 13.9. The summed E-state index contributed by atoms with van der Waals surface area (Å²) >= 11 is 1.48. The molecule has 0 aliphatic rings. The van der Waals surface area contributed by atoms with Crippen molar-refractivity contribution in [1.82, 2.24) is 10.1 Å². The summed E-state index contributed by atoms with van der Waals surface area (Å²) in [7, 11) is 0. The van der Waals surface area contributed by atoms with Gasteiger partial charge in [-0.3, -0.25) is 4.79 Å². The van der Waals surface area contributed by atoms with Crippen molar-refractivity contribution < 1.29 is 18.1 Å². The van der Waals surface area contributed by atoms with Gasteiger partial charge in [0.15, 0.2) is 5.58 Å². The van der Waals surface area contributed by atoms with Crippen molar-refractivity contribution in [3.63, 3.8) is 0 Å². The molecular formula is C23H13F2N3O2S. The maximum Gasteiger partial charge on any atom is 0.255 e. The van der Waals surface area contributed by atoms with Gasteiger partial charge in [-0.15, -0.1) is 11.3 Å². The van der Waals surface area contributed by atoms with Crippen LogP contribution in [0.25, 0.3) is 32.9 Å². The second kappa shape index (κ2) is 7.73. The van der Waals surface area contributed by atoms with Crippen LogP contribution in [-0.4, -0.2) is 16.0 Å². The molecular weight excluding hydrogens is 420 g/mol. The second-order valence-corrected chi connectivity index (χ2v) is 7.58. The smallest absolute Gasteiger partial charge is 0.255 e. The number of hydrogen-bond donors (Lipinski definition) is 1. The third kappa shape index (κ3) is 3.69. The van der Waals surface area contributed by atoms with E-state index in [0.717, 1.165) is 16.6 Å². The first-order valence-corrected chi connectivity index (χ1v) is 10.1. The zero-order valence-electron chi connectivity index (χ0n) is 15.8. The van der Waals surface area contributed by atoms with Crippen LogP contribution in [0.3, 0.4) is 0 Å². The number of nitrogens with one attached hydrogen (secondary N) is 1. The summed E-state index contributed by atoms with van der Waals surface area (Å²) in [6, 6.07) is 17.5. The quantitative estimate of drug-likeness (QED) is 0.369. The Balaban J connectivity index is 1.47. The summed E-state index contributed by atoms with van der Waals surface area (Å²) in [5.41, 5.74) is 2.80. The van der Waals surface area contributed by atoms with E-state index in [2.05, 4.69) is 15.5 Å². The molecule has 2 heterocycles. The van der Waals surface area contributed by atoms with Crippen molar-refractivity contribution in [3.8, 4) is 22.0 Å². The lowest BCUT2D eigenvalue weighted by atomic mass is 10.1. The van der Waals surface area contributed by atoms with Crippen LogP contribution in [0.4, 0.5) is 14.5 Å². The molecule has 152 valence electrons. The van der Waals surface area contributed by atoms with E-state index in [4.69, 9.17) is 4.52 Å². The molecule has 2 aromatic heterocycles. The van der Waals surface area contributed by atoms with Crippen LogP contribution in [0.15, 0.2) is 76.6 Å². The van der Waals surface area contributed by atoms with Crippen LogP contribution in [0.5, 0.6) is 0 Å². The van der Waals surface area contributed by atoms with Crippen LogP contribution >= 0.6 is 11.3 Å². The molecule has 0 unspecified atom stereocenters. The first-order valence-electron chi connectivity index (χ1n) is 9.25. The van der Waals surface area contributed by atoms with Gasteiger partial charge in [0.25, 0.3) is 5.91 Å². The van der Waals surface area contributed by atoms with Gasteiger partial charge >= 0.3 is 0 Å². The highest BCUT2D eigenvalue weighted by Crippen LogP contribution is 2.33. The van der Waals surface area contributed by atoms with Crippen molar-refractivity contribution in [1.29, 1.82) is 0 Å². The molecule has 5 nitrogen and oxygen atoms in total. The lowest BCUT2D eigenvalue weighted by molar-refractivity contribution is 0.102. The zero-order valence-corrected chi connectivity index (χ0v) is 16.6. The number of aromatic nitrogens is 2. The van der Waals surface area contributed by atoms with Crippen LogP contribution in [0, 0.1) is 11.6 Å².